The minimum Gasteiger partial charge on any atom is -0.308 e. The van der Waals surface area contributed by atoms with Crippen LogP contribution in [0.25, 0.3) is 0 Å². The fraction of sp³-hybridized carbons (Fsp3) is 0.667. The van der Waals surface area contributed by atoms with E-state index in [1.165, 1.54) is 37.8 Å². The number of halogens is 1. The van der Waals surface area contributed by atoms with E-state index >= 15 is 0 Å². The van der Waals surface area contributed by atoms with Gasteiger partial charge in [-0.1, -0.05) is 12.8 Å². The van der Waals surface area contributed by atoms with Crippen molar-refractivity contribution in [2.24, 2.45) is 0 Å². The van der Waals surface area contributed by atoms with Crippen molar-refractivity contribution in [3.63, 3.8) is 0 Å². The van der Waals surface area contributed by atoms with Gasteiger partial charge in [-0.25, -0.2) is 0 Å². The van der Waals surface area contributed by atoms with E-state index in [0.717, 1.165) is 17.6 Å². The summed E-state index contributed by atoms with van der Waals surface area (Å²) < 4.78 is 1.07. The van der Waals surface area contributed by atoms with Crippen LogP contribution >= 0.6 is 15.9 Å². The van der Waals surface area contributed by atoms with E-state index in [4.69, 9.17) is 0 Å². The van der Waals surface area contributed by atoms with Crippen LogP contribution in [0, 0.1) is 0 Å². The molecule has 1 saturated carbocycles. The Labute approximate surface area is 123 Å². The quantitative estimate of drug-likeness (QED) is 0.907. The van der Waals surface area contributed by atoms with Crippen molar-refractivity contribution in [1.82, 2.24) is 15.2 Å². The summed E-state index contributed by atoms with van der Waals surface area (Å²) in [6, 6.07) is 2.79. The Morgan fingerprint density at radius 2 is 2.21 bits per heavy atom. The number of hydrogen-bond donors (Lipinski definition) is 1. The summed E-state index contributed by atoms with van der Waals surface area (Å²) >= 11 is 3.51. The molecule has 2 fully saturated rings. The van der Waals surface area contributed by atoms with Gasteiger partial charge in [-0.2, -0.15) is 0 Å². The SMILES string of the molecule is CC1CNC2(CCCC2)CN1Cc1cncc(Br)c1. The zero-order valence-corrected chi connectivity index (χ0v) is 13.1. The van der Waals surface area contributed by atoms with Gasteiger partial charge in [-0.05, 0) is 47.3 Å². The molecule has 19 heavy (non-hydrogen) atoms. The Kier molecular flexibility index (Phi) is 3.92. The largest absolute Gasteiger partial charge is 0.308 e. The summed E-state index contributed by atoms with van der Waals surface area (Å²) in [6.07, 6.45) is 9.28. The van der Waals surface area contributed by atoms with Gasteiger partial charge in [0, 0.05) is 48.1 Å². The second kappa shape index (κ2) is 5.51. The summed E-state index contributed by atoms with van der Waals surface area (Å²) in [5, 5.41) is 3.80. The third-order valence-electron chi connectivity index (χ3n) is 4.61. The maximum absolute atomic E-state index is 4.27. The third-order valence-corrected chi connectivity index (χ3v) is 5.04. The van der Waals surface area contributed by atoms with Crippen LogP contribution in [0.15, 0.2) is 22.9 Å². The van der Waals surface area contributed by atoms with Gasteiger partial charge in [0.15, 0.2) is 0 Å². The number of rotatable bonds is 2. The highest BCUT2D eigenvalue weighted by Gasteiger charge is 2.39. The molecular formula is C15H22BrN3. The number of piperazine rings is 1. The summed E-state index contributed by atoms with van der Waals surface area (Å²) in [4.78, 5) is 6.89. The van der Waals surface area contributed by atoms with Crippen molar-refractivity contribution in [2.45, 2.75) is 50.7 Å². The van der Waals surface area contributed by atoms with Crippen LogP contribution in [0.3, 0.4) is 0 Å². The van der Waals surface area contributed by atoms with Gasteiger partial charge in [0.1, 0.15) is 0 Å². The lowest BCUT2D eigenvalue weighted by Crippen LogP contribution is -2.62. The van der Waals surface area contributed by atoms with Crippen molar-refractivity contribution in [3.05, 3.63) is 28.5 Å². The van der Waals surface area contributed by atoms with E-state index in [0.29, 0.717) is 11.6 Å². The van der Waals surface area contributed by atoms with Crippen molar-refractivity contribution < 1.29 is 0 Å². The van der Waals surface area contributed by atoms with Crippen LogP contribution in [-0.2, 0) is 6.54 Å². The molecule has 3 rings (SSSR count). The smallest absolute Gasteiger partial charge is 0.0410 e. The monoisotopic (exact) mass is 323 g/mol. The van der Waals surface area contributed by atoms with Gasteiger partial charge in [-0.3, -0.25) is 9.88 Å². The second-order valence-electron chi connectivity index (χ2n) is 6.13. The summed E-state index contributed by atoms with van der Waals surface area (Å²) in [5.41, 5.74) is 1.70. The van der Waals surface area contributed by atoms with Gasteiger partial charge in [0.25, 0.3) is 0 Å². The average Bonchev–Trinajstić information content (AvgIpc) is 2.83. The molecule has 104 valence electrons. The molecule has 0 aromatic carbocycles. The van der Waals surface area contributed by atoms with Gasteiger partial charge < -0.3 is 5.32 Å². The first-order valence-corrected chi connectivity index (χ1v) is 8.05. The highest BCUT2D eigenvalue weighted by molar-refractivity contribution is 9.10. The van der Waals surface area contributed by atoms with Crippen molar-refractivity contribution in [2.75, 3.05) is 13.1 Å². The van der Waals surface area contributed by atoms with Crippen molar-refractivity contribution >= 4 is 15.9 Å². The maximum Gasteiger partial charge on any atom is 0.0410 e. The predicted octanol–water partition coefficient (Wildman–Crippen LogP) is 2.95. The van der Waals surface area contributed by atoms with E-state index < -0.39 is 0 Å². The molecule has 1 aromatic rings. The zero-order chi connectivity index (χ0) is 13.3. The number of aromatic nitrogens is 1. The van der Waals surface area contributed by atoms with Crippen LogP contribution in [0.4, 0.5) is 0 Å². The second-order valence-corrected chi connectivity index (χ2v) is 7.05. The molecule has 3 nitrogen and oxygen atoms in total. The molecule has 1 atom stereocenters. The molecule has 1 aliphatic heterocycles. The summed E-state index contributed by atoms with van der Waals surface area (Å²) in [6.45, 7) is 5.62. The Morgan fingerprint density at radius 3 is 2.95 bits per heavy atom. The highest BCUT2D eigenvalue weighted by atomic mass is 79.9. The van der Waals surface area contributed by atoms with E-state index in [1.54, 1.807) is 0 Å². The van der Waals surface area contributed by atoms with Crippen LogP contribution in [0.2, 0.25) is 0 Å². The first-order chi connectivity index (χ1) is 9.17. The first-order valence-electron chi connectivity index (χ1n) is 7.25. The van der Waals surface area contributed by atoms with Crippen molar-refractivity contribution in [3.8, 4) is 0 Å². The highest BCUT2D eigenvalue weighted by Crippen LogP contribution is 2.33. The van der Waals surface area contributed by atoms with Crippen LogP contribution in [0.5, 0.6) is 0 Å². The number of pyridine rings is 1. The van der Waals surface area contributed by atoms with Gasteiger partial charge in [0.05, 0.1) is 0 Å². The van der Waals surface area contributed by atoms with Crippen LogP contribution in [0.1, 0.15) is 38.2 Å². The summed E-state index contributed by atoms with van der Waals surface area (Å²) in [5.74, 6) is 0. The zero-order valence-electron chi connectivity index (χ0n) is 11.5. The number of nitrogens with zero attached hydrogens (tertiary/aromatic N) is 2. The standard InChI is InChI=1S/C15H22BrN3/c1-12-7-18-15(4-2-3-5-15)11-19(12)10-13-6-14(16)9-17-8-13/h6,8-9,12,18H,2-5,7,10-11H2,1H3. The molecule has 1 N–H and O–H groups in total. The van der Waals surface area contributed by atoms with E-state index in [1.807, 2.05) is 12.4 Å². The normalized spacial score (nSPS) is 26.9. The average molecular weight is 324 g/mol. The van der Waals surface area contributed by atoms with Crippen molar-refractivity contribution in [1.29, 1.82) is 0 Å². The molecule has 4 heteroatoms. The molecule has 1 spiro atoms. The fourth-order valence-electron chi connectivity index (χ4n) is 3.47. The number of hydrogen-bond acceptors (Lipinski definition) is 3. The van der Waals surface area contributed by atoms with Crippen LogP contribution < -0.4 is 5.32 Å². The topological polar surface area (TPSA) is 28.2 Å². The molecule has 1 unspecified atom stereocenters. The Hall–Kier alpha value is -0.450. The Bertz CT molecular complexity index is 443. The minimum absolute atomic E-state index is 0.395. The lowest BCUT2D eigenvalue weighted by Gasteiger charge is -2.45. The van der Waals surface area contributed by atoms with Crippen LogP contribution in [-0.4, -0.2) is 34.6 Å². The number of nitrogens with one attached hydrogen (secondary N) is 1. The molecule has 1 aliphatic carbocycles. The molecule has 0 bridgehead atoms. The predicted molar refractivity (Wildman–Crippen MR) is 81.0 cm³/mol. The molecule has 0 amide bonds. The molecule has 2 heterocycles. The maximum atomic E-state index is 4.27. The summed E-state index contributed by atoms with van der Waals surface area (Å²) in [7, 11) is 0. The van der Waals surface area contributed by atoms with E-state index in [9.17, 15) is 0 Å². The van der Waals surface area contributed by atoms with Gasteiger partial charge in [0.2, 0.25) is 0 Å². The Morgan fingerprint density at radius 1 is 1.42 bits per heavy atom. The van der Waals surface area contributed by atoms with Gasteiger partial charge in [-0.15, -0.1) is 0 Å². The molecule has 1 aromatic heterocycles. The fourth-order valence-corrected chi connectivity index (χ4v) is 3.88. The van der Waals surface area contributed by atoms with E-state index in [2.05, 4.69) is 44.1 Å². The molecule has 1 saturated heterocycles. The minimum atomic E-state index is 0.395. The molecular weight excluding hydrogens is 302 g/mol. The lowest BCUT2D eigenvalue weighted by atomic mass is 9.92. The van der Waals surface area contributed by atoms with E-state index in [-0.39, 0.29) is 0 Å². The molecule has 2 aliphatic rings. The lowest BCUT2D eigenvalue weighted by molar-refractivity contribution is 0.0825. The third kappa shape index (κ3) is 3.01. The molecule has 0 radical (unpaired) electrons. The first kappa shape index (κ1) is 13.5. The Balaban J connectivity index is 1.71. The van der Waals surface area contributed by atoms with Gasteiger partial charge >= 0.3 is 0 Å².